The van der Waals surface area contributed by atoms with E-state index in [0.717, 1.165) is 18.5 Å². The van der Waals surface area contributed by atoms with E-state index in [-0.39, 0.29) is 6.04 Å². The number of fused-ring (bicyclic) bond motifs is 1. The first-order valence-electron chi connectivity index (χ1n) is 6.92. The van der Waals surface area contributed by atoms with Crippen molar-refractivity contribution in [3.8, 4) is 0 Å². The molecule has 3 heterocycles. The minimum atomic E-state index is 0.240. The van der Waals surface area contributed by atoms with Crippen LogP contribution in [0.5, 0.6) is 0 Å². The predicted octanol–water partition coefficient (Wildman–Crippen LogP) is 2.05. The van der Waals surface area contributed by atoms with Gasteiger partial charge < -0.3 is 5.32 Å². The summed E-state index contributed by atoms with van der Waals surface area (Å²) in [6.45, 7) is 3.00. The molecule has 1 atom stereocenters. The lowest BCUT2D eigenvalue weighted by atomic mass is 10.0. The number of nitrogens with zero attached hydrogens (tertiary/aromatic N) is 4. The Hall–Kier alpha value is -2.14. The van der Waals surface area contributed by atoms with Crippen molar-refractivity contribution < 1.29 is 0 Å². The Kier molecular flexibility index (Phi) is 3.52. The van der Waals surface area contributed by atoms with E-state index in [4.69, 9.17) is 0 Å². The summed E-state index contributed by atoms with van der Waals surface area (Å²) in [7, 11) is 1.99. The third-order valence-electron chi connectivity index (χ3n) is 3.63. The van der Waals surface area contributed by atoms with Crippen molar-refractivity contribution in [2.24, 2.45) is 0 Å². The van der Waals surface area contributed by atoms with Crippen molar-refractivity contribution in [3.05, 3.63) is 54.1 Å². The van der Waals surface area contributed by atoms with Crippen molar-refractivity contribution in [1.82, 2.24) is 24.7 Å². The highest BCUT2D eigenvalue weighted by Gasteiger charge is 2.15. The van der Waals surface area contributed by atoms with Crippen LogP contribution in [0.3, 0.4) is 0 Å². The molecule has 3 rings (SSSR count). The lowest BCUT2D eigenvalue weighted by molar-refractivity contribution is 0.594. The number of hydrogen-bond donors (Lipinski definition) is 1. The van der Waals surface area contributed by atoms with E-state index in [1.54, 1.807) is 0 Å². The van der Waals surface area contributed by atoms with E-state index in [2.05, 4.69) is 34.7 Å². The second kappa shape index (κ2) is 5.46. The Morgan fingerprint density at radius 1 is 1.25 bits per heavy atom. The number of rotatable bonds is 5. The van der Waals surface area contributed by atoms with Gasteiger partial charge in [0.2, 0.25) is 0 Å². The summed E-state index contributed by atoms with van der Waals surface area (Å²) in [6.07, 6.45) is 8.88. The van der Waals surface area contributed by atoms with Crippen molar-refractivity contribution in [2.75, 3.05) is 7.05 Å². The lowest BCUT2D eigenvalue weighted by Crippen LogP contribution is -2.18. The fraction of sp³-hybridized carbons (Fsp3) is 0.333. The van der Waals surface area contributed by atoms with Gasteiger partial charge in [0, 0.05) is 30.5 Å². The average Bonchev–Trinajstić information content (AvgIpc) is 3.11. The van der Waals surface area contributed by atoms with E-state index in [0.29, 0.717) is 0 Å². The van der Waals surface area contributed by atoms with Crippen LogP contribution in [0.4, 0.5) is 0 Å². The molecule has 0 saturated heterocycles. The third kappa shape index (κ3) is 2.32. The van der Waals surface area contributed by atoms with Crippen LogP contribution >= 0.6 is 0 Å². The van der Waals surface area contributed by atoms with Gasteiger partial charge >= 0.3 is 0 Å². The minimum Gasteiger partial charge on any atom is -0.313 e. The van der Waals surface area contributed by atoms with Gasteiger partial charge in [-0.25, -0.2) is 4.52 Å². The smallest absolute Gasteiger partial charge is 0.0709 e. The normalized spacial score (nSPS) is 12.9. The molecule has 5 nitrogen and oxygen atoms in total. The zero-order valence-corrected chi connectivity index (χ0v) is 11.8. The molecule has 0 aliphatic heterocycles. The molecule has 0 fully saturated rings. The van der Waals surface area contributed by atoms with Gasteiger partial charge in [-0.1, -0.05) is 6.07 Å². The van der Waals surface area contributed by atoms with Crippen LogP contribution < -0.4 is 5.32 Å². The van der Waals surface area contributed by atoms with Crippen molar-refractivity contribution >= 4 is 5.52 Å². The number of aryl methyl sites for hydroxylation is 1. The van der Waals surface area contributed by atoms with Crippen LogP contribution in [0, 0.1) is 0 Å². The molecule has 0 spiro atoms. The molecule has 3 aromatic heterocycles. The van der Waals surface area contributed by atoms with Gasteiger partial charge in [-0.2, -0.15) is 10.2 Å². The maximum atomic E-state index is 4.41. The molecule has 0 radical (unpaired) electrons. The topological polar surface area (TPSA) is 47.2 Å². The van der Waals surface area contributed by atoms with Crippen molar-refractivity contribution in [3.63, 3.8) is 0 Å². The molecule has 0 aromatic carbocycles. The molecule has 1 N–H and O–H groups in total. The van der Waals surface area contributed by atoms with Gasteiger partial charge in [0.1, 0.15) is 0 Å². The molecule has 0 amide bonds. The van der Waals surface area contributed by atoms with Crippen LogP contribution in [0.1, 0.15) is 24.1 Å². The van der Waals surface area contributed by atoms with Gasteiger partial charge in [0.15, 0.2) is 0 Å². The molecule has 5 heteroatoms. The predicted molar refractivity (Wildman–Crippen MR) is 78.6 cm³/mol. The Morgan fingerprint density at radius 2 is 2.15 bits per heavy atom. The summed E-state index contributed by atoms with van der Waals surface area (Å²) in [6, 6.07) is 6.37. The molecular weight excluding hydrogens is 250 g/mol. The summed E-state index contributed by atoms with van der Waals surface area (Å²) < 4.78 is 3.87. The summed E-state index contributed by atoms with van der Waals surface area (Å²) in [5, 5.41) is 12.1. The van der Waals surface area contributed by atoms with Crippen molar-refractivity contribution in [2.45, 2.75) is 25.9 Å². The van der Waals surface area contributed by atoms with E-state index < -0.39 is 0 Å². The van der Waals surface area contributed by atoms with Crippen LogP contribution in [0.2, 0.25) is 0 Å². The first-order valence-corrected chi connectivity index (χ1v) is 6.92. The van der Waals surface area contributed by atoms with Gasteiger partial charge in [0.05, 0.1) is 17.9 Å². The summed E-state index contributed by atoms with van der Waals surface area (Å²) in [4.78, 5) is 0. The van der Waals surface area contributed by atoms with Gasteiger partial charge in [-0.15, -0.1) is 0 Å². The Labute approximate surface area is 118 Å². The Morgan fingerprint density at radius 3 is 2.90 bits per heavy atom. The van der Waals surface area contributed by atoms with Gasteiger partial charge in [-0.3, -0.25) is 4.68 Å². The first-order chi connectivity index (χ1) is 9.81. The molecular formula is C15H19N5. The average molecular weight is 269 g/mol. The quantitative estimate of drug-likeness (QED) is 0.771. The number of likely N-dealkylation sites (N-methyl/N-ethyl adjacent to an activating group) is 1. The van der Waals surface area contributed by atoms with E-state index in [1.165, 1.54) is 11.1 Å². The highest BCUT2D eigenvalue weighted by molar-refractivity contribution is 5.55. The number of aromatic nitrogens is 4. The highest BCUT2D eigenvalue weighted by atomic mass is 15.3. The van der Waals surface area contributed by atoms with Crippen LogP contribution in [-0.4, -0.2) is 26.4 Å². The Balaban J connectivity index is 1.89. The highest BCUT2D eigenvalue weighted by Crippen LogP contribution is 2.22. The molecule has 104 valence electrons. The summed E-state index contributed by atoms with van der Waals surface area (Å²) in [5.41, 5.74) is 3.61. The monoisotopic (exact) mass is 269 g/mol. The molecule has 0 aliphatic rings. The van der Waals surface area contributed by atoms with E-state index in [9.17, 15) is 0 Å². The largest absolute Gasteiger partial charge is 0.313 e. The van der Waals surface area contributed by atoms with E-state index >= 15 is 0 Å². The second-order valence-corrected chi connectivity index (χ2v) is 4.88. The zero-order valence-electron chi connectivity index (χ0n) is 11.8. The molecule has 1 unspecified atom stereocenters. The molecule has 3 aromatic rings. The van der Waals surface area contributed by atoms with Gasteiger partial charge in [0.25, 0.3) is 0 Å². The lowest BCUT2D eigenvalue weighted by Gasteiger charge is -2.14. The maximum absolute atomic E-state index is 4.41. The maximum Gasteiger partial charge on any atom is 0.0709 e. The Bertz CT molecular complexity index is 697. The standard InChI is InChI=1S/C15H19N5/c1-3-19-11-12(9-17-19)8-14(16-2)13-10-18-20-7-5-4-6-15(13)20/h4-7,9-11,14,16H,3,8H2,1-2H3. The third-order valence-corrected chi connectivity index (χ3v) is 3.63. The summed E-state index contributed by atoms with van der Waals surface area (Å²) in [5.74, 6) is 0. The zero-order chi connectivity index (χ0) is 13.9. The molecule has 0 aliphatic carbocycles. The van der Waals surface area contributed by atoms with Crippen LogP contribution in [-0.2, 0) is 13.0 Å². The number of hydrogen-bond acceptors (Lipinski definition) is 3. The fourth-order valence-corrected chi connectivity index (χ4v) is 2.51. The molecule has 0 saturated carbocycles. The first kappa shape index (κ1) is 12.9. The SMILES string of the molecule is CCn1cc(CC(NC)c2cnn3ccccc23)cn1. The minimum absolute atomic E-state index is 0.240. The van der Waals surface area contributed by atoms with E-state index in [1.807, 2.05) is 47.0 Å². The molecule has 0 bridgehead atoms. The fourth-order valence-electron chi connectivity index (χ4n) is 2.51. The number of nitrogens with one attached hydrogen (secondary N) is 1. The molecule has 20 heavy (non-hydrogen) atoms. The number of pyridine rings is 1. The van der Waals surface area contributed by atoms with Crippen LogP contribution in [0.15, 0.2) is 43.0 Å². The van der Waals surface area contributed by atoms with Crippen molar-refractivity contribution in [1.29, 1.82) is 0 Å². The summed E-state index contributed by atoms with van der Waals surface area (Å²) >= 11 is 0. The van der Waals surface area contributed by atoms with Gasteiger partial charge in [-0.05, 0) is 38.1 Å². The van der Waals surface area contributed by atoms with Crippen LogP contribution in [0.25, 0.3) is 5.52 Å². The second-order valence-electron chi connectivity index (χ2n) is 4.88.